The lowest BCUT2D eigenvalue weighted by molar-refractivity contribution is -0.137. The quantitative estimate of drug-likeness (QED) is 0.684. The van der Waals surface area contributed by atoms with E-state index in [1.807, 2.05) is 0 Å². The molecule has 0 radical (unpaired) electrons. The molecule has 0 amide bonds. The summed E-state index contributed by atoms with van der Waals surface area (Å²) in [4.78, 5) is 25.0. The molecule has 128 valence electrons. The van der Waals surface area contributed by atoms with Gasteiger partial charge in [-0.3, -0.25) is 9.59 Å². The van der Waals surface area contributed by atoms with Crippen LogP contribution in [0.5, 0.6) is 0 Å². The van der Waals surface area contributed by atoms with Gasteiger partial charge in [-0.25, -0.2) is 0 Å². The van der Waals surface area contributed by atoms with Crippen LogP contribution in [0.25, 0.3) is 0 Å². The molecular formula is C19H12BrF3O2. The summed E-state index contributed by atoms with van der Waals surface area (Å²) in [6, 6.07) is 11.5. The second-order valence-electron chi connectivity index (χ2n) is 5.69. The number of aryl methyl sites for hydroxylation is 1. The topological polar surface area (TPSA) is 34.1 Å². The standard InChI is InChI=1S/C19H12BrF3O2/c20-16-15(17(24)13-6-1-2-7-14(13)18(16)25)9-8-11-4-3-5-12(10-11)19(21,22)23/h1-7,10H,8-9H2. The number of halogens is 4. The van der Waals surface area contributed by atoms with Gasteiger partial charge in [-0.05, 0) is 40.4 Å². The summed E-state index contributed by atoms with van der Waals surface area (Å²) < 4.78 is 38.5. The molecule has 0 N–H and O–H groups in total. The van der Waals surface area contributed by atoms with Crippen LogP contribution in [0.3, 0.4) is 0 Å². The number of Topliss-reactive ketones (excluding diaryl/α,β-unsaturated/α-hetero) is 2. The lowest BCUT2D eigenvalue weighted by Crippen LogP contribution is -2.20. The minimum Gasteiger partial charge on any atom is -0.289 e. The zero-order valence-electron chi connectivity index (χ0n) is 12.9. The highest BCUT2D eigenvalue weighted by Gasteiger charge is 2.31. The molecule has 0 unspecified atom stereocenters. The number of rotatable bonds is 3. The van der Waals surface area contributed by atoms with Crippen molar-refractivity contribution in [1.82, 2.24) is 0 Å². The summed E-state index contributed by atoms with van der Waals surface area (Å²) in [6.45, 7) is 0. The molecule has 25 heavy (non-hydrogen) atoms. The smallest absolute Gasteiger partial charge is 0.289 e. The Morgan fingerprint density at radius 1 is 0.840 bits per heavy atom. The van der Waals surface area contributed by atoms with Crippen LogP contribution in [0.2, 0.25) is 0 Å². The first-order valence-corrected chi connectivity index (χ1v) is 8.31. The van der Waals surface area contributed by atoms with Gasteiger partial charge in [0.15, 0.2) is 5.78 Å². The van der Waals surface area contributed by atoms with Gasteiger partial charge < -0.3 is 0 Å². The highest BCUT2D eigenvalue weighted by atomic mass is 79.9. The minimum absolute atomic E-state index is 0.181. The van der Waals surface area contributed by atoms with Crippen molar-refractivity contribution in [1.29, 1.82) is 0 Å². The monoisotopic (exact) mass is 408 g/mol. The second kappa shape index (κ2) is 6.59. The number of hydrogen-bond donors (Lipinski definition) is 0. The Labute approximate surface area is 150 Å². The molecule has 2 nitrogen and oxygen atoms in total. The van der Waals surface area contributed by atoms with Crippen LogP contribution < -0.4 is 0 Å². The fourth-order valence-electron chi connectivity index (χ4n) is 2.79. The Balaban J connectivity index is 1.86. The summed E-state index contributed by atoms with van der Waals surface area (Å²) in [6.07, 6.45) is -4.00. The highest BCUT2D eigenvalue weighted by Crippen LogP contribution is 2.33. The van der Waals surface area contributed by atoms with E-state index in [9.17, 15) is 22.8 Å². The molecule has 0 saturated heterocycles. The van der Waals surface area contributed by atoms with Crippen molar-refractivity contribution in [3.05, 3.63) is 80.8 Å². The number of ketones is 2. The van der Waals surface area contributed by atoms with E-state index in [1.54, 1.807) is 30.3 Å². The number of carbonyl (C=O) groups excluding carboxylic acids is 2. The number of allylic oxidation sites excluding steroid dienone is 2. The van der Waals surface area contributed by atoms with E-state index in [-0.39, 0.29) is 28.9 Å². The molecule has 0 spiro atoms. The van der Waals surface area contributed by atoms with E-state index in [4.69, 9.17) is 0 Å². The summed E-state index contributed by atoms with van der Waals surface area (Å²) in [5.41, 5.74) is 0.689. The molecule has 0 aromatic heterocycles. The average Bonchev–Trinajstić information content (AvgIpc) is 2.59. The van der Waals surface area contributed by atoms with Gasteiger partial charge in [-0.1, -0.05) is 42.5 Å². The Kier molecular flexibility index (Phi) is 4.64. The van der Waals surface area contributed by atoms with E-state index in [0.29, 0.717) is 22.3 Å². The Hall–Kier alpha value is -2.21. The predicted molar refractivity (Wildman–Crippen MR) is 90.8 cm³/mol. The number of hydrogen-bond acceptors (Lipinski definition) is 2. The molecule has 1 aliphatic carbocycles. The summed E-state index contributed by atoms with van der Waals surface area (Å²) in [7, 11) is 0. The number of fused-ring (bicyclic) bond motifs is 1. The summed E-state index contributed by atoms with van der Waals surface area (Å²) in [5, 5.41) is 0. The van der Waals surface area contributed by atoms with E-state index in [0.717, 1.165) is 12.1 Å². The molecule has 3 rings (SSSR count). The number of alkyl halides is 3. The van der Waals surface area contributed by atoms with Gasteiger partial charge in [0, 0.05) is 16.7 Å². The third-order valence-electron chi connectivity index (χ3n) is 4.07. The van der Waals surface area contributed by atoms with Gasteiger partial charge >= 0.3 is 6.18 Å². The third kappa shape index (κ3) is 3.44. The van der Waals surface area contributed by atoms with Crippen molar-refractivity contribution >= 4 is 27.5 Å². The van der Waals surface area contributed by atoms with Crippen LogP contribution in [-0.4, -0.2) is 11.6 Å². The zero-order chi connectivity index (χ0) is 18.2. The molecule has 0 bridgehead atoms. The molecule has 2 aromatic carbocycles. The van der Waals surface area contributed by atoms with Gasteiger partial charge in [-0.15, -0.1) is 0 Å². The third-order valence-corrected chi connectivity index (χ3v) is 4.91. The molecule has 1 aliphatic rings. The van der Waals surface area contributed by atoms with Gasteiger partial charge in [-0.2, -0.15) is 13.2 Å². The SMILES string of the molecule is O=C1C(Br)=C(CCc2cccc(C(F)(F)F)c2)C(=O)c2ccccc21. The molecule has 0 aliphatic heterocycles. The fraction of sp³-hybridized carbons (Fsp3) is 0.158. The normalized spacial score (nSPS) is 14.7. The Morgan fingerprint density at radius 2 is 1.48 bits per heavy atom. The zero-order valence-corrected chi connectivity index (χ0v) is 14.4. The lowest BCUT2D eigenvalue weighted by atomic mass is 9.87. The predicted octanol–water partition coefficient (Wildman–Crippen LogP) is 5.37. The molecule has 2 aromatic rings. The second-order valence-corrected chi connectivity index (χ2v) is 6.49. The molecular weight excluding hydrogens is 397 g/mol. The van der Waals surface area contributed by atoms with Crippen molar-refractivity contribution in [2.75, 3.05) is 0 Å². The molecule has 6 heteroatoms. The highest BCUT2D eigenvalue weighted by molar-refractivity contribution is 9.12. The average molecular weight is 409 g/mol. The maximum atomic E-state index is 12.8. The van der Waals surface area contributed by atoms with Crippen molar-refractivity contribution < 1.29 is 22.8 Å². The van der Waals surface area contributed by atoms with Crippen molar-refractivity contribution in [3.63, 3.8) is 0 Å². The fourth-order valence-corrected chi connectivity index (χ4v) is 3.38. The van der Waals surface area contributed by atoms with E-state index in [1.165, 1.54) is 6.07 Å². The van der Waals surface area contributed by atoms with Gasteiger partial charge in [0.25, 0.3) is 0 Å². The Morgan fingerprint density at radius 3 is 2.12 bits per heavy atom. The van der Waals surface area contributed by atoms with Crippen molar-refractivity contribution in [2.45, 2.75) is 19.0 Å². The first kappa shape index (κ1) is 17.6. The molecule has 0 heterocycles. The van der Waals surface area contributed by atoms with Crippen LogP contribution in [-0.2, 0) is 12.6 Å². The molecule has 0 fully saturated rings. The van der Waals surface area contributed by atoms with E-state index in [2.05, 4.69) is 15.9 Å². The minimum atomic E-state index is -4.41. The Bertz CT molecular complexity index is 898. The number of carbonyl (C=O) groups is 2. The summed E-state index contributed by atoms with van der Waals surface area (Å²) in [5.74, 6) is -0.553. The van der Waals surface area contributed by atoms with Crippen LogP contribution in [0.15, 0.2) is 58.6 Å². The largest absolute Gasteiger partial charge is 0.416 e. The molecule has 0 atom stereocenters. The van der Waals surface area contributed by atoms with Crippen LogP contribution in [0, 0.1) is 0 Å². The molecule has 0 saturated carbocycles. The van der Waals surface area contributed by atoms with Gasteiger partial charge in [0.05, 0.1) is 10.0 Å². The first-order valence-electron chi connectivity index (χ1n) is 7.52. The van der Waals surface area contributed by atoms with Crippen molar-refractivity contribution in [3.8, 4) is 0 Å². The van der Waals surface area contributed by atoms with E-state index >= 15 is 0 Å². The summed E-state index contributed by atoms with van der Waals surface area (Å²) >= 11 is 3.18. The lowest BCUT2D eigenvalue weighted by Gasteiger charge is -2.18. The van der Waals surface area contributed by atoms with E-state index < -0.39 is 11.7 Å². The van der Waals surface area contributed by atoms with Gasteiger partial charge in [0.1, 0.15) is 0 Å². The maximum Gasteiger partial charge on any atom is 0.416 e. The van der Waals surface area contributed by atoms with Crippen LogP contribution >= 0.6 is 15.9 Å². The first-order chi connectivity index (χ1) is 11.8. The van der Waals surface area contributed by atoms with Crippen LogP contribution in [0.4, 0.5) is 13.2 Å². The van der Waals surface area contributed by atoms with Gasteiger partial charge in [0.2, 0.25) is 5.78 Å². The maximum absolute atomic E-state index is 12.8. The van der Waals surface area contributed by atoms with Crippen LogP contribution in [0.1, 0.15) is 38.3 Å². The number of benzene rings is 2. The van der Waals surface area contributed by atoms with Crippen molar-refractivity contribution in [2.24, 2.45) is 0 Å².